The van der Waals surface area contributed by atoms with Crippen LogP contribution in [0, 0.1) is 0 Å². The van der Waals surface area contributed by atoms with Gasteiger partial charge in [0.2, 0.25) is 0 Å². The first-order valence-electron chi connectivity index (χ1n) is 5.72. The number of rotatable bonds is 8. The fourth-order valence-electron chi connectivity index (χ4n) is 1.56. The second kappa shape index (κ2) is 7.84. The van der Waals surface area contributed by atoms with Gasteiger partial charge in [-0.05, 0) is 60.9 Å². The molecule has 0 fully saturated rings. The van der Waals surface area contributed by atoms with Crippen LogP contribution in [0.1, 0.15) is 24.1 Å². The zero-order valence-electron chi connectivity index (χ0n) is 9.99. The highest BCUT2D eigenvalue weighted by Gasteiger charge is 2.02. The monoisotopic (exact) mass is 319 g/mol. The van der Waals surface area contributed by atoms with Gasteiger partial charge in [-0.3, -0.25) is 4.79 Å². The first-order valence-corrected chi connectivity index (χ1v) is 7.33. The Balaban J connectivity index is 2.09. The number of thiophene rings is 1. The molecule has 96 valence electrons. The number of unbranched alkanes of at least 4 members (excludes halogenated alkanes) is 1. The average molecular weight is 320 g/mol. The van der Waals surface area contributed by atoms with Crippen molar-refractivity contribution in [2.24, 2.45) is 0 Å². The second-order valence-electron chi connectivity index (χ2n) is 4.11. The summed E-state index contributed by atoms with van der Waals surface area (Å²) in [6, 6.07) is 4.22. The summed E-state index contributed by atoms with van der Waals surface area (Å²) in [5.74, 6) is -0.698. The van der Waals surface area contributed by atoms with E-state index in [2.05, 4.69) is 40.0 Å². The van der Waals surface area contributed by atoms with Crippen LogP contribution in [0.4, 0.5) is 0 Å². The third kappa shape index (κ3) is 6.81. The van der Waals surface area contributed by atoms with Gasteiger partial charge < -0.3 is 10.0 Å². The van der Waals surface area contributed by atoms with Crippen LogP contribution in [0.15, 0.2) is 15.9 Å². The summed E-state index contributed by atoms with van der Waals surface area (Å²) < 4.78 is 1.18. The van der Waals surface area contributed by atoms with Crippen molar-refractivity contribution in [3.05, 3.63) is 20.8 Å². The summed E-state index contributed by atoms with van der Waals surface area (Å²) in [4.78, 5) is 14.0. The van der Waals surface area contributed by atoms with Crippen molar-refractivity contribution in [1.82, 2.24) is 4.90 Å². The average Bonchev–Trinajstić information content (AvgIpc) is 2.67. The Morgan fingerprint density at radius 2 is 2.18 bits per heavy atom. The number of hydrogen-bond donors (Lipinski definition) is 1. The smallest absolute Gasteiger partial charge is 0.303 e. The third-order valence-electron chi connectivity index (χ3n) is 2.55. The molecule has 0 saturated carbocycles. The molecule has 0 aliphatic heterocycles. The summed E-state index contributed by atoms with van der Waals surface area (Å²) in [6.07, 6.45) is 3.07. The number of nitrogens with zero attached hydrogens (tertiary/aromatic N) is 1. The van der Waals surface area contributed by atoms with Crippen LogP contribution in [-0.2, 0) is 11.2 Å². The van der Waals surface area contributed by atoms with Gasteiger partial charge in [-0.15, -0.1) is 11.3 Å². The molecule has 0 atom stereocenters. The summed E-state index contributed by atoms with van der Waals surface area (Å²) in [5.41, 5.74) is 0. The molecule has 17 heavy (non-hydrogen) atoms. The normalized spacial score (nSPS) is 11.0. The number of halogens is 1. The van der Waals surface area contributed by atoms with E-state index in [0.29, 0.717) is 0 Å². The molecule has 0 spiro atoms. The van der Waals surface area contributed by atoms with Gasteiger partial charge in [0.25, 0.3) is 0 Å². The van der Waals surface area contributed by atoms with Crippen molar-refractivity contribution in [3.63, 3.8) is 0 Å². The van der Waals surface area contributed by atoms with E-state index < -0.39 is 5.97 Å². The van der Waals surface area contributed by atoms with Gasteiger partial charge in [0.1, 0.15) is 0 Å². The van der Waals surface area contributed by atoms with Crippen LogP contribution in [0.5, 0.6) is 0 Å². The number of carboxylic acids is 1. The molecule has 0 aliphatic rings. The molecule has 0 saturated heterocycles. The Bertz CT molecular complexity index is 354. The standard InChI is InChI=1S/C12H18BrNO2S/c1-14(8-3-2-4-12(15)16)9-7-10-5-6-11(13)17-10/h5-6H,2-4,7-9H2,1H3,(H,15,16). The molecule has 0 aromatic carbocycles. The van der Waals surface area contributed by atoms with Gasteiger partial charge in [0.15, 0.2) is 0 Å². The zero-order chi connectivity index (χ0) is 12.7. The Labute approximate surface area is 115 Å². The van der Waals surface area contributed by atoms with E-state index in [0.717, 1.165) is 32.4 Å². The van der Waals surface area contributed by atoms with Crippen LogP contribution >= 0.6 is 27.3 Å². The van der Waals surface area contributed by atoms with Gasteiger partial charge in [-0.2, -0.15) is 0 Å². The molecule has 0 unspecified atom stereocenters. The summed E-state index contributed by atoms with van der Waals surface area (Å²) in [5, 5.41) is 8.52. The zero-order valence-corrected chi connectivity index (χ0v) is 12.4. The lowest BCUT2D eigenvalue weighted by molar-refractivity contribution is -0.137. The molecule has 1 N–H and O–H groups in total. The van der Waals surface area contributed by atoms with Crippen LogP contribution in [-0.4, -0.2) is 36.1 Å². The van der Waals surface area contributed by atoms with E-state index in [1.165, 1.54) is 8.66 Å². The van der Waals surface area contributed by atoms with Crippen LogP contribution < -0.4 is 0 Å². The maximum absolute atomic E-state index is 10.3. The van der Waals surface area contributed by atoms with Gasteiger partial charge in [0, 0.05) is 17.8 Å². The number of likely N-dealkylation sites (N-methyl/N-ethyl adjacent to an activating group) is 1. The molecular formula is C12H18BrNO2S. The van der Waals surface area contributed by atoms with Crippen molar-refractivity contribution in [1.29, 1.82) is 0 Å². The minimum Gasteiger partial charge on any atom is -0.481 e. The molecule has 1 heterocycles. The number of carboxylic acid groups (broad SMARTS) is 1. The molecule has 0 radical (unpaired) electrons. The molecular weight excluding hydrogens is 302 g/mol. The SMILES string of the molecule is CN(CCCCC(=O)O)CCc1ccc(Br)s1. The van der Waals surface area contributed by atoms with E-state index in [-0.39, 0.29) is 6.42 Å². The molecule has 0 aliphatic carbocycles. The molecule has 0 bridgehead atoms. The Morgan fingerprint density at radius 3 is 2.76 bits per heavy atom. The minimum atomic E-state index is -0.698. The van der Waals surface area contributed by atoms with Crippen LogP contribution in [0.25, 0.3) is 0 Å². The molecule has 1 aromatic rings. The molecule has 5 heteroatoms. The minimum absolute atomic E-state index is 0.283. The third-order valence-corrected chi connectivity index (χ3v) is 4.23. The number of carbonyl (C=O) groups is 1. The number of hydrogen-bond acceptors (Lipinski definition) is 3. The van der Waals surface area contributed by atoms with Crippen LogP contribution in [0.3, 0.4) is 0 Å². The predicted octanol–water partition coefficient (Wildman–Crippen LogP) is 3.24. The lowest BCUT2D eigenvalue weighted by atomic mass is 10.2. The topological polar surface area (TPSA) is 40.5 Å². The lowest BCUT2D eigenvalue weighted by Crippen LogP contribution is -2.22. The van der Waals surface area contributed by atoms with Crippen molar-refractivity contribution in [2.45, 2.75) is 25.7 Å². The maximum Gasteiger partial charge on any atom is 0.303 e. The van der Waals surface area contributed by atoms with Gasteiger partial charge in [-0.25, -0.2) is 0 Å². The van der Waals surface area contributed by atoms with E-state index in [9.17, 15) is 4.79 Å². The first kappa shape index (κ1) is 14.7. The molecule has 0 amide bonds. The highest BCUT2D eigenvalue weighted by atomic mass is 79.9. The van der Waals surface area contributed by atoms with E-state index in [1.807, 2.05) is 0 Å². The van der Waals surface area contributed by atoms with Crippen molar-refractivity contribution in [3.8, 4) is 0 Å². The summed E-state index contributed by atoms with van der Waals surface area (Å²) in [7, 11) is 2.09. The maximum atomic E-state index is 10.3. The number of aliphatic carboxylic acids is 1. The molecule has 3 nitrogen and oxygen atoms in total. The summed E-state index contributed by atoms with van der Waals surface area (Å²) >= 11 is 5.23. The van der Waals surface area contributed by atoms with Gasteiger partial charge >= 0.3 is 5.97 Å². The largest absolute Gasteiger partial charge is 0.481 e. The lowest BCUT2D eigenvalue weighted by Gasteiger charge is -2.15. The van der Waals surface area contributed by atoms with Crippen molar-refractivity contribution in [2.75, 3.05) is 20.1 Å². The second-order valence-corrected chi connectivity index (χ2v) is 6.66. The Morgan fingerprint density at radius 1 is 1.41 bits per heavy atom. The van der Waals surface area contributed by atoms with Gasteiger partial charge in [-0.1, -0.05) is 0 Å². The fraction of sp³-hybridized carbons (Fsp3) is 0.583. The highest BCUT2D eigenvalue weighted by molar-refractivity contribution is 9.11. The van der Waals surface area contributed by atoms with Crippen LogP contribution in [0.2, 0.25) is 0 Å². The first-order chi connectivity index (χ1) is 8.08. The van der Waals surface area contributed by atoms with E-state index >= 15 is 0 Å². The van der Waals surface area contributed by atoms with E-state index in [1.54, 1.807) is 11.3 Å². The molecule has 1 aromatic heterocycles. The van der Waals surface area contributed by atoms with Crippen molar-refractivity contribution < 1.29 is 9.90 Å². The predicted molar refractivity (Wildman–Crippen MR) is 74.7 cm³/mol. The van der Waals surface area contributed by atoms with E-state index in [4.69, 9.17) is 5.11 Å². The van der Waals surface area contributed by atoms with Gasteiger partial charge in [0.05, 0.1) is 3.79 Å². The Kier molecular flexibility index (Phi) is 6.77. The molecule has 1 rings (SSSR count). The quantitative estimate of drug-likeness (QED) is 0.748. The Hall–Kier alpha value is -0.390. The summed E-state index contributed by atoms with van der Waals surface area (Å²) in [6.45, 7) is 2.00. The fourth-order valence-corrected chi connectivity index (χ4v) is 3.03. The van der Waals surface area contributed by atoms with Crippen molar-refractivity contribution >= 4 is 33.2 Å². The highest BCUT2D eigenvalue weighted by Crippen LogP contribution is 2.22.